The molecule has 1 heterocycles. The number of ether oxygens (including phenoxy) is 4. The minimum absolute atomic E-state index is 0.0557. The van der Waals surface area contributed by atoms with E-state index in [0.717, 1.165) is 11.8 Å². The van der Waals surface area contributed by atoms with Crippen molar-refractivity contribution >= 4 is 35.3 Å². The number of nitrogens with one attached hydrogen (secondary N) is 1. The number of carbonyl (C=O) groups is 4. The maximum Gasteiger partial charge on any atom is 0.405 e. The third-order valence-electron chi connectivity index (χ3n) is 7.59. The minimum atomic E-state index is -0.968. The maximum atomic E-state index is 13.7. The fourth-order valence-electron chi connectivity index (χ4n) is 5.32. The highest BCUT2D eigenvalue weighted by molar-refractivity contribution is 8.03. The highest BCUT2D eigenvalue weighted by Crippen LogP contribution is 2.34. The second-order valence-corrected chi connectivity index (χ2v) is 11.5. The molecule has 0 spiro atoms. The van der Waals surface area contributed by atoms with Gasteiger partial charge < -0.3 is 35.1 Å². The fraction of sp³-hybridized carbons (Fsp3) is 0.600. The zero-order valence-corrected chi connectivity index (χ0v) is 26.5. The number of Topliss-reactive ketones (excluding diaryl/α,β-unsaturated/α-hetero) is 2. The number of nitrogens with two attached hydrogens (primary N) is 1. The Balaban J connectivity index is 2.62. The molecule has 0 saturated carbocycles. The minimum Gasteiger partial charge on any atom is -0.492 e. The van der Waals surface area contributed by atoms with Gasteiger partial charge in [0, 0.05) is 31.3 Å². The molecule has 2 bridgehead atoms. The first-order valence-electron chi connectivity index (χ1n) is 13.8. The van der Waals surface area contributed by atoms with E-state index in [9.17, 15) is 24.3 Å². The van der Waals surface area contributed by atoms with Gasteiger partial charge in [0.1, 0.15) is 5.70 Å². The molecule has 2 aliphatic rings. The number of allylic oxidation sites excluding steroid dienone is 3. The molecule has 0 saturated heterocycles. The van der Waals surface area contributed by atoms with Crippen molar-refractivity contribution in [2.45, 2.75) is 77.8 Å². The molecule has 11 nitrogen and oxygen atoms in total. The molecule has 12 heteroatoms. The Morgan fingerprint density at radius 3 is 2.26 bits per heavy atom. The van der Waals surface area contributed by atoms with E-state index in [4.69, 9.17) is 24.7 Å². The Labute approximate surface area is 251 Å². The average Bonchev–Trinajstić information content (AvgIpc) is 2.94. The van der Waals surface area contributed by atoms with Gasteiger partial charge in [-0.15, -0.1) is 11.8 Å². The Morgan fingerprint density at radius 2 is 1.71 bits per heavy atom. The number of aliphatic hydroxyl groups is 1. The lowest BCUT2D eigenvalue weighted by Gasteiger charge is -2.30. The van der Waals surface area contributed by atoms with Gasteiger partial charge in [0.25, 0.3) is 5.91 Å². The van der Waals surface area contributed by atoms with Crippen molar-refractivity contribution in [2.75, 3.05) is 27.6 Å². The number of hydrogen-bond acceptors (Lipinski definition) is 10. The van der Waals surface area contributed by atoms with Crippen LogP contribution in [0.3, 0.4) is 0 Å². The number of fused-ring (bicyclic) bond motifs is 2. The van der Waals surface area contributed by atoms with Gasteiger partial charge in [-0.05, 0) is 57.3 Å². The Kier molecular flexibility index (Phi) is 13.5. The topological polar surface area (TPSA) is 163 Å². The zero-order chi connectivity index (χ0) is 31.7. The van der Waals surface area contributed by atoms with E-state index >= 15 is 0 Å². The van der Waals surface area contributed by atoms with Gasteiger partial charge in [-0.3, -0.25) is 14.4 Å². The van der Waals surface area contributed by atoms with Crippen LogP contribution in [-0.4, -0.2) is 80.7 Å². The molecule has 2 rings (SSSR count). The van der Waals surface area contributed by atoms with Crippen LogP contribution in [0, 0.1) is 11.8 Å². The number of rotatable bonds is 5. The largest absolute Gasteiger partial charge is 0.492 e. The van der Waals surface area contributed by atoms with Crippen LogP contribution in [-0.2, 0) is 33.3 Å². The van der Waals surface area contributed by atoms with Crippen LogP contribution in [0.1, 0.15) is 53.4 Å². The molecule has 0 aromatic heterocycles. The highest BCUT2D eigenvalue weighted by atomic mass is 32.2. The summed E-state index contributed by atoms with van der Waals surface area (Å²) in [5.74, 6) is -2.20. The van der Waals surface area contributed by atoms with E-state index in [2.05, 4.69) is 5.32 Å². The molecule has 0 radical (unpaired) electrons. The van der Waals surface area contributed by atoms with E-state index in [0.29, 0.717) is 30.4 Å². The number of amides is 2. The summed E-state index contributed by atoms with van der Waals surface area (Å²) >= 11 is 1.05. The van der Waals surface area contributed by atoms with E-state index < -0.39 is 53.9 Å². The molecular weight excluding hydrogens is 564 g/mol. The predicted molar refractivity (Wildman–Crippen MR) is 159 cm³/mol. The van der Waals surface area contributed by atoms with Gasteiger partial charge in [0.2, 0.25) is 11.6 Å². The summed E-state index contributed by atoms with van der Waals surface area (Å²) in [6.45, 7) is 7.06. The average molecular weight is 609 g/mol. The van der Waals surface area contributed by atoms with Crippen LogP contribution in [0.5, 0.6) is 0 Å². The van der Waals surface area contributed by atoms with Crippen molar-refractivity contribution in [2.24, 2.45) is 17.6 Å². The second kappa shape index (κ2) is 16.1. The third kappa shape index (κ3) is 8.56. The summed E-state index contributed by atoms with van der Waals surface area (Å²) < 4.78 is 22.1. The molecule has 0 fully saturated rings. The van der Waals surface area contributed by atoms with Crippen LogP contribution in [0.4, 0.5) is 4.79 Å². The van der Waals surface area contributed by atoms with E-state index in [1.165, 1.54) is 21.3 Å². The Morgan fingerprint density at radius 1 is 1.07 bits per heavy atom. The number of hydrogen-bond donors (Lipinski definition) is 3. The van der Waals surface area contributed by atoms with Crippen LogP contribution in [0.2, 0.25) is 0 Å². The molecule has 234 valence electrons. The van der Waals surface area contributed by atoms with E-state index in [1.807, 2.05) is 13.8 Å². The van der Waals surface area contributed by atoms with Gasteiger partial charge in [-0.2, -0.15) is 0 Å². The maximum absolute atomic E-state index is 13.7. The molecule has 4 N–H and O–H groups in total. The van der Waals surface area contributed by atoms with Crippen LogP contribution < -0.4 is 11.1 Å². The first-order chi connectivity index (χ1) is 19.8. The van der Waals surface area contributed by atoms with Gasteiger partial charge in [0.05, 0.1) is 30.3 Å². The molecule has 6 atom stereocenters. The smallest absolute Gasteiger partial charge is 0.405 e. The number of methoxy groups -OCH3 is 3. The normalized spacial score (nSPS) is 31.6. The molecule has 1 aliphatic heterocycles. The number of primary amides is 1. The van der Waals surface area contributed by atoms with Crippen molar-refractivity contribution in [3.05, 3.63) is 45.2 Å². The molecule has 42 heavy (non-hydrogen) atoms. The van der Waals surface area contributed by atoms with E-state index in [1.54, 1.807) is 32.3 Å². The first-order valence-corrected chi connectivity index (χ1v) is 15.0. The molecule has 0 aromatic rings. The monoisotopic (exact) mass is 608 g/mol. The van der Waals surface area contributed by atoms with Gasteiger partial charge in [0.15, 0.2) is 11.9 Å². The summed E-state index contributed by atoms with van der Waals surface area (Å²) in [6, 6.07) is 0. The fourth-order valence-corrected chi connectivity index (χ4v) is 5.95. The number of aliphatic hydroxyl groups excluding tert-OH is 1. The van der Waals surface area contributed by atoms with Crippen molar-refractivity contribution in [3.8, 4) is 0 Å². The lowest BCUT2D eigenvalue weighted by molar-refractivity contribution is -0.121. The lowest BCUT2D eigenvalue weighted by Crippen LogP contribution is -2.38. The van der Waals surface area contributed by atoms with Crippen molar-refractivity contribution in [1.29, 1.82) is 0 Å². The first kappa shape index (κ1) is 35.3. The molecule has 1 aliphatic carbocycles. The molecule has 1 unspecified atom stereocenters. The van der Waals surface area contributed by atoms with Gasteiger partial charge in [-0.1, -0.05) is 26.0 Å². The number of thioether (sulfide) groups is 1. The lowest BCUT2D eigenvalue weighted by atomic mass is 9.85. The highest BCUT2D eigenvalue weighted by Gasteiger charge is 2.38. The van der Waals surface area contributed by atoms with Crippen LogP contribution in [0.15, 0.2) is 45.2 Å². The molecule has 2 amide bonds. The van der Waals surface area contributed by atoms with Crippen molar-refractivity contribution < 1.29 is 43.2 Å². The zero-order valence-electron chi connectivity index (χ0n) is 25.6. The van der Waals surface area contributed by atoms with Crippen molar-refractivity contribution in [3.63, 3.8) is 0 Å². The Hall–Kier alpha value is -2.93. The summed E-state index contributed by atoms with van der Waals surface area (Å²) in [5, 5.41) is 13.9. The van der Waals surface area contributed by atoms with Crippen molar-refractivity contribution in [1.82, 2.24) is 5.32 Å². The van der Waals surface area contributed by atoms with E-state index in [-0.39, 0.29) is 34.3 Å². The number of carbonyl (C=O) groups excluding carboxylic acids is 4. The molecule has 0 aromatic carbocycles. The SMILES string of the molecule is COC1=C2C[C@@H](C)C[C@H](OC)[C@H](O)[C@@H](C)/C=C(\C)C(OC(N)=O)[C@@H](OC)CC/C=C(\C)C(=O)NC(=C(SC)C1=O)C2=O. The van der Waals surface area contributed by atoms with Crippen LogP contribution in [0.25, 0.3) is 0 Å². The third-order valence-corrected chi connectivity index (χ3v) is 8.39. The summed E-state index contributed by atoms with van der Waals surface area (Å²) in [4.78, 5) is 52.0. The quantitative estimate of drug-likeness (QED) is 0.312. The standard InChI is InChI=1S/C30H44N2O9S/c1-15-12-19-24(34)22(28(42-8)25(35)27(19)40-7)32-29(36)16(2)10-9-11-20(38-5)26(41-30(31)37)18(4)14-17(3)23(33)21(13-15)39-6/h10,14-15,17,20-21,23,26,33H,9,11-13H2,1-8H3,(H2,31,37)(H,32,36)/b16-10+,18-14+/t15-,17+,20+,21+,23-,26?/m1/s1. The van der Waals surface area contributed by atoms with Gasteiger partial charge >= 0.3 is 6.09 Å². The van der Waals surface area contributed by atoms with Crippen LogP contribution >= 0.6 is 11.8 Å². The second-order valence-electron chi connectivity index (χ2n) is 10.7. The summed E-state index contributed by atoms with van der Waals surface area (Å²) in [6.07, 6.45) is 2.37. The van der Waals surface area contributed by atoms with Gasteiger partial charge in [-0.25, -0.2) is 4.79 Å². The number of ketones is 2. The summed E-state index contributed by atoms with van der Waals surface area (Å²) in [7, 11) is 4.31. The molecular formula is C30H44N2O9S. The Bertz CT molecular complexity index is 1170. The predicted octanol–water partition coefficient (Wildman–Crippen LogP) is 3.32. The summed E-state index contributed by atoms with van der Waals surface area (Å²) in [5.41, 5.74) is 6.40.